The van der Waals surface area contributed by atoms with Gasteiger partial charge in [0.1, 0.15) is 6.61 Å². The van der Waals surface area contributed by atoms with Crippen LogP contribution in [0.4, 0.5) is 0 Å². The first-order valence-electron chi connectivity index (χ1n) is 22.1. The maximum absolute atomic E-state index is 12.5. The van der Waals surface area contributed by atoms with E-state index in [1.165, 1.54) is 57.8 Å². The fourth-order valence-corrected chi connectivity index (χ4v) is 6.24. The standard InChI is InChI=1S/C47H81O8P/c1-4-6-8-10-12-14-16-18-20-21-22-23-24-25-26-27-28-30-32-34-36-38-40-42-47(49)55-45(44-54-56(50,51)52-3)43-53-46(48)41-39-37-35-33-31-29-19-17-15-13-11-9-7-5-2/h6,8,11-14,17-20,22-23,45H,4-5,7,9-10,15-16,21,24-44H2,1-3H3,(H,50,51)/b8-6-,13-11-,14-12-,19-17-,20-18-,23-22-. The quantitative estimate of drug-likeness (QED) is 0.0282. The maximum Gasteiger partial charge on any atom is 0.472 e. The summed E-state index contributed by atoms with van der Waals surface area (Å²) in [4.78, 5) is 34.5. The largest absolute Gasteiger partial charge is 0.472 e. The number of esters is 2. The number of carbonyl (C=O) groups excluding carboxylic acids is 2. The Balaban J connectivity index is 3.99. The van der Waals surface area contributed by atoms with Gasteiger partial charge in [0.15, 0.2) is 6.10 Å². The molecule has 0 amide bonds. The van der Waals surface area contributed by atoms with E-state index in [1.807, 2.05) is 0 Å². The van der Waals surface area contributed by atoms with E-state index in [2.05, 4.69) is 91.3 Å². The number of phosphoric ester groups is 1. The van der Waals surface area contributed by atoms with Gasteiger partial charge >= 0.3 is 19.8 Å². The molecule has 322 valence electrons. The van der Waals surface area contributed by atoms with Crippen LogP contribution in [-0.4, -0.2) is 43.3 Å². The molecule has 8 nitrogen and oxygen atoms in total. The number of carbonyl (C=O) groups is 2. The van der Waals surface area contributed by atoms with E-state index in [4.69, 9.17) is 14.0 Å². The third kappa shape index (κ3) is 41.1. The second-order valence-corrected chi connectivity index (χ2v) is 16.0. The van der Waals surface area contributed by atoms with Crippen LogP contribution < -0.4 is 0 Å². The minimum absolute atomic E-state index is 0.233. The molecule has 9 heteroatoms. The molecule has 2 unspecified atom stereocenters. The van der Waals surface area contributed by atoms with Crippen molar-refractivity contribution in [1.82, 2.24) is 0 Å². The summed E-state index contributed by atoms with van der Waals surface area (Å²) >= 11 is 0. The summed E-state index contributed by atoms with van der Waals surface area (Å²) in [5.41, 5.74) is 0. The van der Waals surface area contributed by atoms with Gasteiger partial charge in [-0.15, -0.1) is 0 Å². The molecule has 0 aliphatic rings. The second kappa shape index (κ2) is 42.1. The molecule has 0 radical (unpaired) electrons. The molecule has 0 rings (SSSR count). The fourth-order valence-electron chi connectivity index (χ4n) is 5.78. The lowest BCUT2D eigenvalue weighted by Gasteiger charge is -2.19. The smallest absolute Gasteiger partial charge is 0.462 e. The molecule has 0 bridgehead atoms. The van der Waals surface area contributed by atoms with Gasteiger partial charge in [0.05, 0.1) is 6.61 Å². The molecule has 0 aromatic carbocycles. The first-order chi connectivity index (χ1) is 27.3. The van der Waals surface area contributed by atoms with E-state index < -0.39 is 26.5 Å². The van der Waals surface area contributed by atoms with Crippen molar-refractivity contribution in [3.63, 3.8) is 0 Å². The van der Waals surface area contributed by atoms with E-state index in [0.717, 1.165) is 103 Å². The Kier molecular flexibility index (Phi) is 40.2. The fraction of sp³-hybridized carbons (Fsp3) is 0.702. The van der Waals surface area contributed by atoms with Crippen molar-refractivity contribution in [3.05, 3.63) is 72.9 Å². The molecule has 0 saturated heterocycles. The van der Waals surface area contributed by atoms with Gasteiger partial charge in [-0.2, -0.15) is 0 Å². The molecule has 1 N–H and O–H groups in total. The number of rotatable bonds is 40. The molecule has 0 aromatic heterocycles. The normalized spacial score (nSPS) is 14.0. The second-order valence-electron chi connectivity index (χ2n) is 14.4. The highest BCUT2D eigenvalue weighted by Crippen LogP contribution is 2.42. The van der Waals surface area contributed by atoms with Gasteiger partial charge < -0.3 is 14.4 Å². The highest BCUT2D eigenvalue weighted by molar-refractivity contribution is 7.47. The number of unbranched alkanes of at least 4 members (excludes halogenated alkanes) is 17. The minimum atomic E-state index is -4.27. The lowest BCUT2D eigenvalue weighted by atomic mass is 10.0. The zero-order valence-electron chi connectivity index (χ0n) is 35.8. The average molecular weight is 805 g/mol. The van der Waals surface area contributed by atoms with Crippen LogP contribution in [0.5, 0.6) is 0 Å². The lowest BCUT2D eigenvalue weighted by Crippen LogP contribution is -2.29. The number of hydrogen-bond acceptors (Lipinski definition) is 7. The Labute approximate surface area is 343 Å². The van der Waals surface area contributed by atoms with Crippen LogP contribution >= 0.6 is 7.82 Å². The van der Waals surface area contributed by atoms with Crippen molar-refractivity contribution >= 4 is 19.8 Å². The van der Waals surface area contributed by atoms with Crippen molar-refractivity contribution in [2.75, 3.05) is 20.3 Å². The molecule has 0 aliphatic heterocycles. The highest BCUT2D eigenvalue weighted by Gasteiger charge is 2.24. The molecule has 0 heterocycles. The Morgan fingerprint density at radius 1 is 0.518 bits per heavy atom. The van der Waals surface area contributed by atoms with Crippen LogP contribution in [-0.2, 0) is 32.7 Å². The van der Waals surface area contributed by atoms with Gasteiger partial charge in [-0.05, 0) is 77.0 Å². The van der Waals surface area contributed by atoms with Crippen molar-refractivity contribution in [3.8, 4) is 0 Å². The van der Waals surface area contributed by atoms with Gasteiger partial charge in [-0.3, -0.25) is 18.6 Å². The molecule has 0 spiro atoms. The predicted octanol–water partition coefficient (Wildman–Crippen LogP) is 14.1. The third-order valence-corrected chi connectivity index (χ3v) is 10.1. The van der Waals surface area contributed by atoms with Gasteiger partial charge in [-0.25, -0.2) is 4.57 Å². The SMILES string of the molecule is CC/C=C\C/C=C\C/C=C\C/C=C\CCCCCCCCCCCCC(=O)OC(COC(=O)CCCCCCC/C=C\C/C=C\CCCC)COP(=O)(O)OC. The van der Waals surface area contributed by atoms with Crippen molar-refractivity contribution < 1.29 is 37.6 Å². The summed E-state index contributed by atoms with van der Waals surface area (Å²) in [5.74, 6) is -0.829. The monoisotopic (exact) mass is 805 g/mol. The Morgan fingerprint density at radius 2 is 0.911 bits per heavy atom. The first-order valence-corrected chi connectivity index (χ1v) is 23.6. The van der Waals surface area contributed by atoms with Crippen LogP contribution in [0, 0.1) is 0 Å². The summed E-state index contributed by atoms with van der Waals surface area (Å²) in [6, 6.07) is 0. The van der Waals surface area contributed by atoms with Crippen molar-refractivity contribution in [2.45, 2.75) is 193 Å². The third-order valence-electron chi connectivity index (χ3n) is 9.18. The summed E-state index contributed by atoms with van der Waals surface area (Å²) in [5, 5.41) is 0. The van der Waals surface area contributed by atoms with E-state index >= 15 is 0 Å². The van der Waals surface area contributed by atoms with Gasteiger partial charge in [0.25, 0.3) is 0 Å². The van der Waals surface area contributed by atoms with E-state index in [1.54, 1.807) is 0 Å². The van der Waals surface area contributed by atoms with Crippen LogP contribution in [0.25, 0.3) is 0 Å². The molecule has 0 fully saturated rings. The first kappa shape index (κ1) is 53.5. The summed E-state index contributed by atoms with van der Waals surface area (Å²) < 4.78 is 32.0. The lowest BCUT2D eigenvalue weighted by molar-refractivity contribution is -0.161. The predicted molar refractivity (Wildman–Crippen MR) is 234 cm³/mol. The van der Waals surface area contributed by atoms with Crippen LogP contribution in [0.2, 0.25) is 0 Å². The van der Waals surface area contributed by atoms with Crippen LogP contribution in [0.3, 0.4) is 0 Å². The van der Waals surface area contributed by atoms with Crippen LogP contribution in [0.1, 0.15) is 187 Å². The van der Waals surface area contributed by atoms with Gasteiger partial charge in [0, 0.05) is 20.0 Å². The van der Waals surface area contributed by atoms with Gasteiger partial charge in [0.2, 0.25) is 0 Å². The zero-order chi connectivity index (χ0) is 41.1. The highest BCUT2D eigenvalue weighted by atomic mass is 31.2. The van der Waals surface area contributed by atoms with E-state index in [-0.39, 0.29) is 25.4 Å². The summed E-state index contributed by atoms with van der Waals surface area (Å²) in [6.07, 6.45) is 53.8. The topological polar surface area (TPSA) is 108 Å². The molecule has 2 atom stereocenters. The molecular weight excluding hydrogens is 723 g/mol. The molecule has 0 aliphatic carbocycles. The van der Waals surface area contributed by atoms with E-state index in [9.17, 15) is 19.0 Å². The summed E-state index contributed by atoms with van der Waals surface area (Å²) in [7, 11) is -3.21. The number of phosphoric acid groups is 1. The Hall–Kier alpha value is -2.51. The maximum atomic E-state index is 12.5. The van der Waals surface area contributed by atoms with E-state index in [0.29, 0.717) is 6.42 Å². The van der Waals surface area contributed by atoms with Crippen LogP contribution in [0.15, 0.2) is 72.9 Å². The Bertz CT molecular complexity index is 1140. The molecular formula is C47H81O8P. The average Bonchev–Trinajstić information content (AvgIpc) is 3.19. The molecule has 0 aromatic rings. The van der Waals surface area contributed by atoms with Crippen molar-refractivity contribution in [1.29, 1.82) is 0 Å². The summed E-state index contributed by atoms with van der Waals surface area (Å²) in [6.45, 7) is 3.72. The Morgan fingerprint density at radius 3 is 1.36 bits per heavy atom. The number of ether oxygens (including phenoxy) is 2. The zero-order valence-corrected chi connectivity index (χ0v) is 36.7. The number of hydrogen-bond donors (Lipinski definition) is 1. The molecule has 0 saturated carbocycles. The molecule has 56 heavy (non-hydrogen) atoms. The van der Waals surface area contributed by atoms with Crippen molar-refractivity contribution in [2.24, 2.45) is 0 Å². The number of allylic oxidation sites excluding steroid dienone is 12. The minimum Gasteiger partial charge on any atom is -0.462 e. The van der Waals surface area contributed by atoms with Gasteiger partial charge in [-0.1, -0.05) is 170 Å².